The van der Waals surface area contributed by atoms with Crippen molar-refractivity contribution in [1.82, 2.24) is 9.97 Å². The monoisotopic (exact) mass is 341 g/mol. The van der Waals surface area contributed by atoms with Crippen LogP contribution in [0.15, 0.2) is 34.9 Å². The molecule has 5 nitrogen and oxygen atoms in total. The van der Waals surface area contributed by atoms with Crippen molar-refractivity contribution in [2.24, 2.45) is 5.84 Å². The Kier molecular flexibility index (Phi) is 4.57. The lowest BCUT2D eigenvalue weighted by Crippen LogP contribution is -2.13. The predicted octanol–water partition coefficient (Wildman–Crippen LogP) is 3.35. The highest BCUT2D eigenvalue weighted by Crippen LogP contribution is 2.25. The fraction of sp³-hybridized carbons (Fsp3) is 0.167. The van der Waals surface area contributed by atoms with Crippen molar-refractivity contribution in [2.75, 3.05) is 10.7 Å². The molecule has 19 heavy (non-hydrogen) atoms. The van der Waals surface area contributed by atoms with Gasteiger partial charge in [-0.2, -0.15) is 4.98 Å². The van der Waals surface area contributed by atoms with E-state index in [9.17, 15) is 0 Å². The van der Waals surface area contributed by atoms with E-state index in [1.807, 2.05) is 31.2 Å². The quantitative estimate of drug-likeness (QED) is 0.587. The van der Waals surface area contributed by atoms with Crippen LogP contribution in [-0.4, -0.2) is 9.97 Å². The first-order valence-corrected chi connectivity index (χ1v) is 6.78. The lowest BCUT2D eigenvalue weighted by molar-refractivity contribution is 0.871. The molecule has 7 heteroatoms. The van der Waals surface area contributed by atoms with E-state index in [0.717, 1.165) is 10.0 Å². The van der Waals surface area contributed by atoms with E-state index in [1.54, 1.807) is 0 Å². The summed E-state index contributed by atoms with van der Waals surface area (Å²) < 4.78 is 1.04. The Hall–Kier alpha value is -1.37. The first-order chi connectivity index (χ1) is 9.10. The number of hydrogen-bond acceptors (Lipinski definition) is 5. The molecule has 0 radical (unpaired) electrons. The predicted molar refractivity (Wildman–Crippen MR) is 81.0 cm³/mol. The largest absolute Gasteiger partial charge is 0.362 e. The van der Waals surface area contributed by atoms with Crippen LogP contribution in [0, 0.1) is 0 Å². The van der Waals surface area contributed by atoms with Gasteiger partial charge in [0.2, 0.25) is 5.95 Å². The maximum atomic E-state index is 6.05. The van der Waals surface area contributed by atoms with Gasteiger partial charge in [0.05, 0.1) is 6.20 Å². The molecule has 0 aliphatic carbocycles. The number of benzene rings is 1. The average Bonchev–Trinajstić information content (AvgIpc) is 2.42. The van der Waals surface area contributed by atoms with Crippen molar-refractivity contribution >= 4 is 39.3 Å². The summed E-state index contributed by atoms with van der Waals surface area (Å²) in [4.78, 5) is 8.10. The molecule has 4 N–H and O–H groups in total. The molecule has 0 aliphatic heterocycles. The Bertz CT molecular complexity index is 561. The normalized spacial score (nSPS) is 12.0. The number of aromatic nitrogens is 2. The zero-order chi connectivity index (χ0) is 13.8. The van der Waals surface area contributed by atoms with Crippen LogP contribution in [0.25, 0.3) is 0 Å². The second-order valence-corrected chi connectivity index (χ2v) is 5.27. The third-order valence-corrected chi connectivity index (χ3v) is 3.40. The van der Waals surface area contributed by atoms with Crippen LogP contribution in [0.1, 0.15) is 18.5 Å². The van der Waals surface area contributed by atoms with Gasteiger partial charge in [-0.15, -0.1) is 0 Å². The first-order valence-electron chi connectivity index (χ1n) is 5.61. The van der Waals surface area contributed by atoms with E-state index in [2.05, 4.69) is 36.6 Å². The van der Waals surface area contributed by atoms with Crippen molar-refractivity contribution in [1.29, 1.82) is 0 Å². The summed E-state index contributed by atoms with van der Waals surface area (Å²) in [7, 11) is 0. The minimum Gasteiger partial charge on any atom is -0.362 e. The van der Waals surface area contributed by atoms with Crippen molar-refractivity contribution in [2.45, 2.75) is 13.0 Å². The van der Waals surface area contributed by atoms with Crippen molar-refractivity contribution in [3.05, 3.63) is 45.5 Å². The fourth-order valence-corrected chi connectivity index (χ4v) is 1.99. The molecule has 100 valence electrons. The lowest BCUT2D eigenvalue weighted by atomic mass is 10.1. The summed E-state index contributed by atoms with van der Waals surface area (Å²) in [5, 5.41) is 3.67. The number of nitrogens with zero attached hydrogens (tertiary/aromatic N) is 2. The summed E-state index contributed by atoms with van der Waals surface area (Å²) in [6.07, 6.45) is 1.50. The van der Waals surface area contributed by atoms with Gasteiger partial charge in [-0.3, -0.25) is 5.43 Å². The van der Waals surface area contributed by atoms with E-state index in [-0.39, 0.29) is 6.04 Å². The van der Waals surface area contributed by atoms with Crippen LogP contribution in [0.3, 0.4) is 0 Å². The Labute approximate surface area is 124 Å². The van der Waals surface area contributed by atoms with Crippen LogP contribution in [0.4, 0.5) is 11.8 Å². The summed E-state index contributed by atoms with van der Waals surface area (Å²) >= 11 is 9.45. The Morgan fingerprint density at radius 2 is 2.00 bits per heavy atom. The zero-order valence-electron chi connectivity index (χ0n) is 10.2. The molecule has 0 saturated heterocycles. The third kappa shape index (κ3) is 3.56. The van der Waals surface area contributed by atoms with E-state index < -0.39 is 0 Å². The van der Waals surface area contributed by atoms with Gasteiger partial charge in [-0.05, 0) is 24.6 Å². The molecular weight excluding hydrogens is 330 g/mol. The molecule has 1 atom stereocenters. The molecule has 0 aliphatic rings. The third-order valence-electron chi connectivity index (χ3n) is 2.60. The second kappa shape index (κ2) is 6.18. The van der Waals surface area contributed by atoms with E-state index in [0.29, 0.717) is 16.8 Å². The Balaban J connectivity index is 2.18. The van der Waals surface area contributed by atoms with E-state index in [1.165, 1.54) is 6.20 Å². The zero-order valence-corrected chi connectivity index (χ0v) is 12.5. The molecule has 2 aromatic rings. The number of anilines is 2. The highest BCUT2D eigenvalue weighted by Gasteiger charge is 2.10. The van der Waals surface area contributed by atoms with Crippen LogP contribution in [-0.2, 0) is 0 Å². The molecule has 1 unspecified atom stereocenters. The SMILES string of the molecule is CC(Nc1nc(NN)ncc1Cl)c1ccc(Br)cc1. The van der Waals surface area contributed by atoms with Crippen LogP contribution in [0.5, 0.6) is 0 Å². The number of hydrazine groups is 1. The van der Waals surface area contributed by atoms with Crippen LogP contribution < -0.4 is 16.6 Å². The number of hydrogen-bond donors (Lipinski definition) is 3. The van der Waals surface area contributed by atoms with Crippen molar-refractivity contribution in [3.63, 3.8) is 0 Å². The molecule has 0 amide bonds. The number of halogens is 2. The molecular formula is C12H13BrClN5. The maximum absolute atomic E-state index is 6.05. The van der Waals surface area contributed by atoms with Gasteiger partial charge in [0.25, 0.3) is 0 Å². The Morgan fingerprint density at radius 1 is 1.32 bits per heavy atom. The average molecular weight is 343 g/mol. The molecule has 0 spiro atoms. The maximum Gasteiger partial charge on any atom is 0.239 e. The topological polar surface area (TPSA) is 75.9 Å². The first kappa shape index (κ1) is 14.0. The summed E-state index contributed by atoms with van der Waals surface area (Å²) in [5.74, 6) is 6.13. The molecule has 0 fully saturated rings. The van der Waals surface area contributed by atoms with Gasteiger partial charge in [-0.25, -0.2) is 10.8 Å². The smallest absolute Gasteiger partial charge is 0.239 e. The summed E-state index contributed by atoms with van der Waals surface area (Å²) in [5.41, 5.74) is 3.51. The van der Waals surface area contributed by atoms with Gasteiger partial charge in [-0.1, -0.05) is 39.7 Å². The highest BCUT2D eigenvalue weighted by molar-refractivity contribution is 9.10. The van der Waals surface area contributed by atoms with Crippen molar-refractivity contribution in [3.8, 4) is 0 Å². The van der Waals surface area contributed by atoms with Gasteiger partial charge >= 0.3 is 0 Å². The van der Waals surface area contributed by atoms with Crippen LogP contribution in [0.2, 0.25) is 5.02 Å². The van der Waals surface area contributed by atoms with Gasteiger partial charge in [0.1, 0.15) is 5.02 Å². The van der Waals surface area contributed by atoms with E-state index in [4.69, 9.17) is 17.4 Å². The van der Waals surface area contributed by atoms with Crippen molar-refractivity contribution < 1.29 is 0 Å². The van der Waals surface area contributed by atoms with Gasteiger partial charge < -0.3 is 5.32 Å². The van der Waals surface area contributed by atoms with Crippen LogP contribution >= 0.6 is 27.5 Å². The fourth-order valence-electron chi connectivity index (χ4n) is 1.58. The molecule has 1 heterocycles. The molecule has 1 aromatic carbocycles. The Morgan fingerprint density at radius 3 is 2.63 bits per heavy atom. The number of nitrogen functional groups attached to an aromatic ring is 1. The summed E-state index contributed by atoms with van der Waals surface area (Å²) in [6.45, 7) is 2.03. The number of nitrogens with two attached hydrogens (primary N) is 1. The highest BCUT2D eigenvalue weighted by atomic mass is 79.9. The minimum atomic E-state index is 0.0612. The molecule has 0 saturated carbocycles. The molecule has 2 rings (SSSR count). The van der Waals surface area contributed by atoms with Gasteiger partial charge in [0, 0.05) is 10.5 Å². The van der Waals surface area contributed by atoms with E-state index >= 15 is 0 Å². The summed E-state index contributed by atoms with van der Waals surface area (Å²) in [6, 6.07) is 8.09. The van der Waals surface area contributed by atoms with Gasteiger partial charge in [0.15, 0.2) is 5.82 Å². The molecule has 0 bridgehead atoms. The standard InChI is InChI=1S/C12H13BrClN5/c1-7(8-2-4-9(13)5-3-8)17-11-10(14)6-16-12(18-11)19-15/h2-7H,15H2,1H3,(H2,16,17,18,19). The number of rotatable bonds is 4. The number of nitrogens with one attached hydrogen (secondary N) is 2. The second-order valence-electron chi connectivity index (χ2n) is 3.95. The molecule has 1 aromatic heterocycles. The minimum absolute atomic E-state index is 0.0612. The lowest BCUT2D eigenvalue weighted by Gasteiger charge is -2.16.